The summed E-state index contributed by atoms with van der Waals surface area (Å²) in [6.07, 6.45) is 14.0. The second kappa shape index (κ2) is 6.73. The van der Waals surface area contributed by atoms with E-state index in [2.05, 4.69) is 19.9 Å². The summed E-state index contributed by atoms with van der Waals surface area (Å²) in [5.74, 6) is 3.51. The van der Waals surface area contributed by atoms with E-state index in [0.717, 1.165) is 46.8 Å². The molecule has 4 saturated carbocycles. The molecule has 0 saturated heterocycles. The quantitative estimate of drug-likeness (QED) is 0.454. The highest BCUT2D eigenvalue weighted by Gasteiger charge is 2.60. The predicted octanol–water partition coefficient (Wildman–Crippen LogP) is 7.34. The normalized spacial score (nSPS) is 44.1. The third kappa shape index (κ3) is 2.76. The van der Waals surface area contributed by atoms with Gasteiger partial charge in [0.05, 0.1) is 0 Å². The molecule has 150 valence electrons. The first kappa shape index (κ1) is 18.9. The smallest absolute Gasteiger partial charge is 0.165 e. The Kier molecular flexibility index (Phi) is 4.54. The van der Waals surface area contributed by atoms with E-state index in [4.69, 9.17) is 11.6 Å². The molecular weight excluding hydrogens is 364 g/mol. The molecule has 2 heteroatoms. The first-order valence-corrected chi connectivity index (χ1v) is 11.8. The van der Waals surface area contributed by atoms with Crippen LogP contribution >= 0.6 is 11.6 Å². The van der Waals surface area contributed by atoms with E-state index >= 15 is 0 Å². The highest BCUT2D eigenvalue weighted by molar-refractivity contribution is 6.30. The first-order valence-electron chi connectivity index (χ1n) is 11.4. The van der Waals surface area contributed by atoms with E-state index in [1.165, 1.54) is 44.9 Å². The van der Waals surface area contributed by atoms with Crippen LogP contribution < -0.4 is 0 Å². The van der Waals surface area contributed by atoms with Crippen molar-refractivity contribution in [1.29, 1.82) is 0 Å². The van der Waals surface area contributed by atoms with Crippen molar-refractivity contribution in [2.75, 3.05) is 0 Å². The molecule has 1 aromatic rings. The van der Waals surface area contributed by atoms with Crippen molar-refractivity contribution >= 4 is 23.5 Å². The molecule has 0 amide bonds. The van der Waals surface area contributed by atoms with Gasteiger partial charge in [0.1, 0.15) is 0 Å². The van der Waals surface area contributed by atoms with Gasteiger partial charge >= 0.3 is 0 Å². The van der Waals surface area contributed by atoms with Crippen molar-refractivity contribution < 1.29 is 4.79 Å². The third-order valence-corrected chi connectivity index (χ3v) is 9.69. The number of allylic oxidation sites excluding steroid dienone is 1. The number of fused-ring (bicyclic) bond motifs is 5. The molecule has 0 aliphatic heterocycles. The van der Waals surface area contributed by atoms with Gasteiger partial charge in [0.25, 0.3) is 0 Å². The van der Waals surface area contributed by atoms with Gasteiger partial charge in [-0.05, 0) is 103 Å². The molecule has 1 aromatic carbocycles. The van der Waals surface area contributed by atoms with E-state index in [9.17, 15) is 4.79 Å². The molecule has 4 fully saturated rings. The molecule has 6 atom stereocenters. The lowest BCUT2D eigenvalue weighted by molar-refractivity contribution is -0.137. The van der Waals surface area contributed by atoms with Crippen LogP contribution in [-0.2, 0) is 4.79 Å². The van der Waals surface area contributed by atoms with Crippen molar-refractivity contribution in [3.05, 3.63) is 40.4 Å². The summed E-state index contributed by atoms with van der Waals surface area (Å²) in [4.78, 5) is 13.5. The Morgan fingerprint density at radius 1 is 0.964 bits per heavy atom. The largest absolute Gasteiger partial charge is 0.294 e. The Morgan fingerprint density at radius 2 is 1.75 bits per heavy atom. The fraction of sp³-hybridized carbons (Fsp3) is 0.654. The molecule has 0 unspecified atom stereocenters. The average molecular weight is 397 g/mol. The highest BCUT2D eigenvalue weighted by Crippen LogP contribution is 2.66. The minimum Gasteiger partial charge on any atom is -0.294 e. The topological polar surface area (TPSA) is 17.1 Å². The lowest BCUT2D eigenvalue weighted by Gasteiger charge is -2.59. The minimum absolute atomic E-state index is 0.128. The molecule has 28 heavy (non-hydrogen) atoms. The Balaban J connectivity index is 1.45. The Hall–Kier alpha value is -1.08. The number of hydrogen-bond acceptors (Lipinski definition) is 1. The number of halogens is 1. The summed E-state index contributed by atoms with van der Waals surface area (Å²) in [5, 5.41) is 0.751. The summed E-state index contributed by atoms with van der Waals surface area (Å²) < 4.78 is 0. The maximum absolute atomic E-state index is 13.5. The molecule has 5 rings (SSSR count). The molecular formula is C26H33ClO. The van der Waals surface area contributed by atoms with Crippen LogP contribution in [0.3, 0.4) is 0 Å². The number of ketones is 1. The zero-order valence-electron chi connectivity index (χ0n) is 17.3. The van der Waals surface area contributed by atoms with Gasteiger partial charge in [-0.2, -0.15) is 0 Å². The predicted molar refractivity (Wildman–Crippen MR) is 116 cm³/mol. The summed E-state index contributed by atoms with van der Waals surface area (Å²) in [5.41, 5.74) is 2.58. The van der Waals surface area contributed by atoms with Crippen LogP contribution in [0.4, 0.5) is 0 Å². The molecule has 0 bridgehead atoms. The fourth-order valence-electron chi connectivity index (χ4n) is 7.85. The van der Waals surface area contributed by atoms with Gasteiger partial charge < -0.3 is 0 Å². The number of Topliss-reactive ketones (excluding diaryl/α,β-unsaturated/α-hetero) is 1. The minimum atomic E-state index is -0.128. The number of carbonyl (C=O) groups is 1. The van der Waals surface area contributed by atoms with Crippen LogP contribution in [0.25, 0.3) is 6.08 Å². The molecule has 0 heterocycles. The summed E-state index contributed by atoms with van der Waals surface area (Å²) in [6, 6.07) is 7.90. The number of carbonyl (C=O) groups excluding carboxylic acids is 1. The van der Waals surface area contributed by atoms with Gasteiger partial charge in [-0.3, -0.25) is 4.79 Å². The second-order valence-electron chi connectivity index (χ2n) is 10.6. The highest BCUT2D eigenvalue weighted by atomic mass is 35.5. The number of rotatable bonds is 1. The van der Waals surface area contributed by atoms with Crippen LogP contribution in [-0.4, -0.2) is 5.78 Å². The summed E-state index contributed by atoms with van der Waals surface area (Å²) in [7, 11) is 0. The first-order chi connectivity index (χ1) is 13.4. The number of hydrogen-bond donors (Lipinski definition) is 0. The van der Waals surface area contributed by atoms with Gasteiger partial charge in [-0.1, -0.05) is 50.4 Å². The molecule has 1 nitrogen and oxygen atoms in total. The van der Waals surface area contributed by atoms with E-state index < -0.39 is 0 Å². The van der Waals surface area contributed by atoms with Crippen LogP contribution in [0, 0.1) is 34.5 Å². The summed E-state index contributed by atoms with van der Waals surface area (Å²) >= 11 is 6.04. The standard InChI is InChI=1S/C26H33ClO/c1-25-13-4-3-5-19(25)8-11-21-22(25)12-14-26(2)23(21)16-18(24(26)28)15-17-6-9-20(27)10-7-17/h6-7,9-10,15,19,21-23H,3-5,8,11-14,16H2,1-2H3/b18-15+/t19-,21+,22-,23+,25+,26+/m0/s1. The van der Waals surface area contributed by atoms with Gasteiger partial charge in [0.2, 0.25) is 0 Å². The van der Waals surface area contributed by atoms with Gasteiger partial charge in [-0.15, -0.1) is 0 Å². The van der Waals surface area contributed by atoms with Crippen molar-refractivity contribution in [2.45, 2.75) is 71.6 Å². The maximum Gasteiger partial charge on any atom is 0.165 e. The van der Waals surface area contributed by atoms with Crippen molar-refractivity contribution in [3.63, 3.8) is 0 Å². The van der Waals surface area contributed by atoms with Gasteiger partial charge in [0, 0.05) is 10.4 Å². The molecule has 0 aromatic heterocycles. The molecule has 0 spiro atoms. The van der Waals surface area contributed by atoms with Crippen molar-refractivity contribution in [2.24, 2.45) is 34.5 Å². The monoisotopic (exact) mass is 396 g/mol. The zero-order valence-corrected chi connectivity index (χ0v) is 18.1. The SMILES string of the molecule is C[C@@]12CCCC[C@H]1CC[C@H]1[C@H]3C/C(=C\c4ccc(Cl)cc4)C(=O)[C@]3(C)CC[C@@H]12. The van der Waals surface area contributed by atoms with E-state index in [1.54, 1.807) is 0 Å². The van der Waals surface area contributed by atoms with Gasteiger partial charge in [-0.25, -0.2) is 0 Å². The number of benzene rings is 1. The Morgan fingerprint density at radius 3 is 2.54 bits per heavy atom. The molecule has 0 N–H and O–H groups in total. The average Bonchev–Trinajstić information content (AvgIpc) is 2.94. The molecule has 0 radical (unpaired) electrons. The van der Waals surface area contributed by atoms with E-state index in [-0.39, 0.29) is 5.41 Å². The van der Waals surface area contributed by atoms with Crippen molar-refractivity contribution in [3.8, 4) is 0 Å². The lowest BCUT2D eigenvalue weighted by atomic mass is 9.45. The van der Waals surface area contributed by atoms with E-state index in [1.807, 2.05) is 24.3 Å². The summed E-state index contributed by atoms with van der Waals surface area (Å²) in [6.45, 7) is 4.89. The second-order valence-corrected chi connectivity index (χ2v) is 11.0. The zero-order chi connectivity index (χ0) is 19.5. The Labute approximate surface area is 174 Å². The Bertz CT molecular complexity index is 808. The van der Waals surface area contributed by atoms with Crippen LogP contribution in [0.2, 0.25) is 5.02 Å². The molecule has 4 aliphatic rings. The van der Waals surface area contributed by atoms with E-state index in [0.29, 0.717) is 17.1 Å². The van der Waals surface area contributed by atoms with Crippen LogP contribution in [0.15, 0.2) is 29.8 Å². The maximum atomic E-state index is 13.5. The van der Waals surface area contributed by atoms with Gasteiger partial charge in [0.15, 0.2) is 5.78 Å². The molecule has 4 aliphatic carbocycles. The third-order valence-electron chi connectivity index (χ3n) is 9.43. The fourth-order valence-corrected chi connectivity index (χ4v) is 7.98. The van der Waals surface area contributed by atoms with Crippen LogP contribution in [0.5, 0.6) is 0 Å². The lowest BCUT2D eigenvalue weighted by Crippen LogP contribution is -2.52. The van der Waals surface area contributed by atoms with Crippen LogP contribution in [0.1, 0.15) is 77.2 Å². The van der Waals surface area contributed by atoms with Crippen molar-refractivity contribution in [1.82, 2.24) is 0 Å².